The smallest absolute Gasteiger partial charge is 0.328 e. The van der Waals surface area contributed by atoms with Crippen LogP contribution >= 0.6 is 11.6 Å². The zero-order chi connectivity index (χ0) is 18.4. The molecular formula is C19H21ClN4O2. The second kappa shape index (κ2) is 8.78. The number of carbonyl (C=O) groups is 1. The summed E-state index contributed by atoms with van der Waals surface area (Å²) in [4.78, 5) is 21.5. The van der Waals surface area contributed by atoms with Gasteiger partial charge in [-0.3, -0.25) is 9.88 Å². The third-order valence-corrected chi connectivity index (χ3v) is 4.63. The molecule has 0 amide bonds. The number of nitrogens with one attached hydrogen (secondary N) is 1. The summed E-state index contributed by atoms with van der Waals surface area (Å²) >= 11 is 6.28. The molecule has 0 saturated carbocycles. The number of hydrogen-bond donors (Lipinski definition) is 2. The second-order valence-corrected chi connectivity index (χ2v) is 6.73. The standard InChI is InChI=1S/C19H21ClN4O2/c20-17-10-14(3-4-18(25)26)12-22-19(17)23-16-5-8-24(9-6-16)13-15-2-1-7-21-11-15/h1-4,7,10-12,16H,5-6,8-9,13H2,(H,22,23)(H,25,26)/b4-3+. The third-order valence-electron chi connectivity index (χ3n) is 4.34. The van der Waals surface area contributed by atoms with Crippen LogP contribution in [-0.4, -0.2) is 45.1 Å². The van der Waals surface area contributed by atoms with Crippen LogP contribution in [0.5, 0.6) is 0 Å². The molecule has 1 saturated heterocycles. The van der Waals surface area contributed by atoms with Gasteiger partial charge >= 0.3 is 5.97 Å². The minimum Gasteiger partial charge on any atom is -0.478 e. The molecule has 2 N–H and O–H groups in total. The molecule has 7 heteroatoms. The highest BCUT2D eigenvalue weighted by atomic mass is 35.5. The molecule has 6 nitrogen and oxygen atoms in total. The molecule has 0 radical (unpaired) electrons. The summed E-state index contributed by atoms with van der Waals surface area (Å²) in [6.45, 7) is 2.93. The summed E-state index contributed by atoms with van der Waals surface area (Å²) in [5.74, 6) is -0.355. The van der Waals surface area contributed by atoms with E-state index in [1.165, 1.54) is 11.6 Å². The summed E-state index contributed by atoms with van der Waals surface area (Å²) in [6.07, 6.45) is 9.89. The molecule has 136 valence electrons. The monoisotopic (exact) mass is 372 g/mol. The van der Waals surface area contributed by atoms with Crippen molar-refractivity contribution in [3.8, 4) is 0 Å². The summed E-state index contributed by atoms with van der Waals surface area (Å²) in [5.41, 5.74) is 1.89. The number of halogens is 1. The van der Waals surface area contributed by atoms with Crippen LogP contribution in [0.4, 0.5) is 5.82 Å². The number of nitrogens with zero attached hydrogens (tertiary/aromatic N) is 3. The van der Waals surface area contributed by atoms with Crippen molar-refractivity contribution in [2.75, 3.05) is 18.4 Å². The summed E-state index contributed by atoms with van der Waals surface area (Å²) in [6, 6.07) is 6.10. The van der Waals surface area contributed by atoms with Crippen molar-refractivity contribution in [1.82, 2.24) is 14.9 Å². The topological polar surface area (TPSA) is 78.3 Å². The van der Waals surface area contributed by atoms with Crippen molar-refractivity contribution in [2.24, 2.45) is 0 Å². The van der Waals surface area contributed by atoms with Crippen LogP contribution in [0.2, 0.25) is 5.02 Å². The molecule has 0 atom stereocenters. The molecule has 0 bridgehead atoms. The number of aromatic nitrogens is 2. The third kappa shape index (κ3) is 5.28. The highest BCUT2D eigenvalue weighted by Crippen LogP contribution is 2.24. The minimum atomic E-state index is -0.999. The van der Waals surface area contributed by atoms with Gasteiger partial charge in [-0.2, -0.15) is 0 Å². The molecule has 0 spiro atoms. The van der Waals surface area contributed by atoms with Crippen molar-refractivity contribution < 1.29 is 9.90 Å². The lowest BCUT2D eigenvalue weighted by atomic mass is 10.0. The number of piperidine rings is 1. The van der Waals surface area contributed by atoms with E-state index in [4.69, 9.17) is 16.7 Å². The van der Waals surface area contributed by atoms with Crippen molar-refractivity contribution in [3.63, 3.8) is 0 Å². The maximum Gasteiger partial charge on any atom is 0.328 e. The van der Waals surface area contributed by atoms with E-state index in [-0.39, 0.29) is 0 Å². The van der Waals surface area contributed by atoms with Gasteiger partial charge < -0.3 is 10.4 Å². The predicted molar refractivity (Wildman–Crippen MR) is 102 cm³/mol. The van der Waals surface area contributed by atoms with Gasteiger partial charge in [-0.15, -0.1) is 0 Å². The number of likely N-dealkylation sites (tertiary alicyclic amines) is 1. The van der Waals surface area contributed by atoms with E-state index in [1.807, 2.05) is 12.3 Å². The average Bonchev–Trinajstić information content (AvgIpc) is 2.64. The molecule has 1 aliphatic rings. The minimum absolute atomic E-state index is 0.325. The van der Waals surface area contributed by atoms with Crippen molar-refractivity contribution in [2.45, 2.75) is 25.4 Å². The van der Waals surface area contributed by atoms with Crippen LogP contribution in [0, 0.1) is 0 Å². The van der Waals surface area contributed by atoms with Gasteiger partial charge in [-0.25, -0.2) is 9.78 Å². The van der Waals surface area contributed by atoms with Crippen LogP contribution in [0.15, 0.2) is 42.9 Å². The maximum atomic E-state index is 10.6. The summed E-state index contributed by atoms with van der Waals surface area (Å²) in [7, 11) is 0. The number of pyridine rings is 2. The molecule has 3 heterocycles. The van der Waals surface area contributed by atoms with Crippen LogP contribution in [0.3, 0.4) is 0 Å². The highest BCUT2D eigenvalue weighted by Gasteiger charge is 2.20. The van der Waals surface area contributed by atoms with Gasteiger partial charge in [0, 0.05) is 50.3 Å². The fourth-order valence-corrected chi connectivity index (χ4v) is 3.23. The highest BCUT2D eigenvalue weighted by molar-refractivity contribution is 6.33. The summed E-state index contributed by atoms with van der Waals surface area (Å²) in [5, 5.41) is 12.6. The molecule has 2 aromatic rings. The number of aliphatic carboxylic acids is 1. The number of hydrogen-bond acceptors (Lipinski definition) is 5. The summed E-state index contributed by atoms with van der Waals surface area (Å²) < 4.78 is 0. The first-order valence-electron chi connectivity index (χ1n) is 8.54. The van der Waals surface area contributed by atoms with E-state index in [0.717, 1.165) is 38.6 Å². The Morgan fingerprint density at radius 3 is 2.85 bits per heavy atom. The Hall–Kier alpha value is -2.44. The molecule has 0 aliphatic carbocycles. The molecule has 0 aromatic carbocycles. The number of carboxylic acid groups (broad SMARTS) is 1. The van der Waals surface area contributed by atoms with E-state index < -0.39 is 5.97 Å². The Balaban J connectivity index is 1.52. The van der Waals surface area contributed by atoms with Crippen LogP contribution in [-0.2, 0) is 11.3 Å². The van der Waals surface area contributed by atoms with E-state index in [9.17, 15) is 4.79 Å². The number of anilines is 1. The lowest BCUT2D eigenvalue weighted by Crippen LogP contribution is -2.38. The largest absolute Gasteiger partial charge is 0.478 e. The lowest BCUT2D eigenvalue weighted by Gasteiger charge is -2.32. The van der Waals surface area contributed by atoms with Crippen LogP contribution in [0.1, 0.15) is 24.0 Å². The van der Waals surface area contributed by atoms with Crippen LogP contribution in [0.25, 0.3) is 6.08 Å². The normalized spacial score (nSPS) is 16.0. The van der Waals surface area contributed by atoms with Crippen molar-refractivity contribution in [1.29, 1.82) is 0 Å². The molecule has 0 unspecified atom stereocenters. The number of rotatable bonds is 6. The second-order valence-electron chi connectivity index (χ2n) is 6.33. The van der Waals surface area contributed by atoms with Crippen molar-refractivity contribution >= 4 is 29.5 Å². The average molecular weight is 373 g/mol. The van der Waals surface area contributed by atoms with Crippen LogP contribution < -0.4 is 5.32 Å². The van der Waals surface area contributed by atoms with Gasteiger partial charge in [-0.1, -0.05) is 17.7 Å². The lowest BCUT2D eigenvalue weighted by molar-refractivity contribution is -0.131. The van der Waals surface area contributed by atoms with E-state index in [2.05, 4.69) is 26.3 Å². The van der Waals surface area contributed by atoms with E-state index in [0.29, 0.717) is 22.4 Å². The van der Waals surface area contributed by atoms with E-state index >= 15 is 0 Å². The Labute approximate surface area is 157 Å². The predicted octanol–water partition coefficient (Wildman–Crippen LogP) is 3.30. The molecule has 1 fully saturated rings. The first-order valence-corrected chi connectivity index (χ1v) is 8.92. The Morgan fingerprint density at radius 2 is 2.19 bits per heavy atom. The molecule has 2 aromatic heterocycles. The van der Waals surface area contributed by atoms with Gasteiger partial charge in [0.2, 0.25) is 0 Å². The Kier molecular flexibility index (Phi) is 6.20. The quantitative estimate of drug-likeness (QED) is 0.757. The van der Waals surface area contributed by atoms with Gasteiger partial charge in [-0.05, 0) is 42.2 Å². The van der Waals surface area contributed by atoms with Gasteiger partial charge in [0.25, 0.3) is 0 Å². The van der Waals surface area contributed by atoms with Gasteiger partial charge in [0.1, 0.15) is 5.82 Å². The first kappa shape index (κ1) is 18.4. The van der Waals surface area contributed by atoms with Gasteiger partial charge in [0.05, 0.1) is 5.02 Å². The maximum absolute atomic E-state index is 10.6. The fraction of sp³-hybridized carbons (Fsp3) is 0.316. The zero-order valence-electron chi connectivity index (χ0n) is 14.3. The fourth-order valence-electron chi connectivity index (χ4n) is 3.00. The van der Waals surface area contributed by atoms with Crippen molar-refractivity contribution in [3.05, 3.63) is 59.0 Å². The Morgan fingerprint density at radius 1 is 1.38 bits per heavy atom. The Bertz CT molecular complexity index is 774. The molecule has 26 heavy (non-hydrogen) atoms. The first-order chi connectivity index (χ1) is 12.6. The zero-order valence-corrected chi connectivity index (χ0v) is 15.1. The molecule has 3 rings (SSSR count). The van der Waals surface area contributed by atoms with Gasteiger partial charge in [0.15, 0.2) is 0 Å². The number of carboxylic acids is 1. The van der Waals surface area contributed by atoms with E-state index in [1.54, 1.807) is 18.5 Å². The molecule has 1 aliphatic heterocycles. The SMILES string of the molecule is O=C(O)/C=C/c1cnc(NC2CCN(Cc3cccnc3)CC2)c(Cl)c1. The molecular weight excluding hydrogens is 352 g/mol.